The van der Waals surface area contributed by atoms with E-state index in [2.05, 4.69) is 6.58 Å². The normalized spacial score (nSPS) is 28.0. The maximum absolute atomic E-state index is 14.7. The number of allylic oxidation sites excluding steroid dienone is 3. The molecule has 1 aromatic carbocycles. The van der Waals surface area contributed by atoms with Gasteiger partial charge in [-0.25, -0.2) is 4.79 Å². The second kappa shape index (κ2) is 13.9. The van der Waals surface area contributed by atoms with Crippen LogP contribution in [0.1, 0.15) is 109 Å². The van der Waals surface area contributed by atoms with E-state index in [1.54, 1.807) is 32.1 Å². The highest BCUT2D eigenvalue weighted by molar-refractivity contribution is 6.16. The van der Waals surface area contributed by atoms with Gasteiger partial charge in [-0.3, -0.25) is 4.79 Å². The SMILES string of the molecule is C=C(C)C(O)CC[C@]1(C)C=Cc2c(O)c3c(c(CC=C(C)C)c2O1)O[C@@]1(C)/C(=C\[C@@H](C=O)CCC(C)(C)O[C@@H]1C/C=C(/C)C(=O)O)C3=O. The van der Waals surface area contributed by atoms with Gasteiger partial charge in [0.2, 0.25) is 0 Å². The lowest BCUT2D eigenvalue weighted by Crippen LogP contribution is -2.54. The molecule has 3 aliphatic rings. The number of aldehydes is 1. The highest BCUT2D eigenvalue weighted by Crippen LogP contribution is 2.54. The topological polar surface area (TPSA) is 140 Å². The van der Waals surface area contributed by atoms with Crippen molar-refractivity contribution in [2.75, 3.05) is 0 Å². The number of Topliss-reactive ketones (excluding diaryl/α,β-unsaturated/α-hetero) is 1. The van der Waals surface area contributed by atoms with E-state index in [0.717, 1.165) is 11.9 Å². The molecule has 0 aromatic heterocycles. The molecular formula is C39H50O9. The zero-order valence-corrected chi connectivity index (χ0v) is 29.4. The molecule has 0 fully saturated rings. The van der Waals surface area contributed by atoms with Crippen molar-refractivity contribution < 1.29 is 43.9 Å². The smallest absolute Gasteiger partial charge is 0.330 e. The molecule has 4 rings (SSSR count). The number of phenolic OH excluding ortho intramolecular Hbond substituents is 1. The molecule has 0 radical (unpaired) electrons. The summed E-state index contributed by atoms with van der Waals surface area (Å²) in [6.45, 7) is 18.4. The van der Waals surface area contributed by atoms with E-state index in [1.165, 1.54) is 6.92 Å². The van der Waals surface area contributed by atoms with E-state index < -0.39 is 46.7 Å². The number of carboxylic acid groups (broad SMARTS) is 1. The van der Waals surface area contributed by atoms with Gasteiger partial charge in [-0.15, -0.1) is 0 Å². The van der Waals surface area contributed by atoms with Crippen molar-refractivity contribution >= 4 is 24.1 Å². The molecule has 0 aliphatic carbocycles. The minimum absolute atomic E-state index is 0.0247. The Hall–Kier alpha value is -3.95. The quantitative estimate of drug-likeness (QED) is 0.134. The van der Waals surface area contributed by atoms with Crippen LogP contribution in [0.2, 0.25) is 0 Å². The number of benzene rings is 1. The Labute approximate surface area is 283 Å². The fourth-order valence-corrected chi connectivity index (χ4v) is 6.41. The molecular weight excluding hydrogens is 612 g/mol. The third-order valence-electron chi connectivity index (χ3n) is 9.65. The zero-order chi connectivity index (χ0) is 35.8. The molecule has 0 amide bonds. The summed E-state index contributed by atoms with van der Waals surface area (Å²) in [5.41, 5.74) is -0.245. The van der Waals surface area contributed by atoms with Crippen LogP contribution in [0, 0.1) is 5.92 Å². The molecule has 9 heteroatoms. The van der Waals surface area contributed by atoms with Crippen molar-refractivity contribution in [1.82, 2.24) is 0 Å². The van der Waals surface area contributed by atoms with Gasteiger partial charge in [0, 0.05) is 22.6 Å². The van der Waals surface area contributed by atoms with Gasteiger partial charge in [0.15, 0.2) is 11.4 Å². The van der Waals surface area contributed by atoms with E-state index in [0.29, 0.717) is 54.6 Å². The molecule has 5 atom stereocenters. The summed E-state index contributed by atoms with van der Waals surface area (Å²) in [6, 6.07) is 0. The molecule has 1 unspecified atom stereocenters. The Morgan fingerprint density at radius 1 is 1.10 bits per heavy atom. The van der Waals surface area contributed by atoms with Gasteiger partial charge < -0.3 is 34.3 Å². The van der Waals surface area contributed by atoms with Gasteiger partial charge in [-0.1, -0.05) is 36.0 Å². The van der Waals surface area contributed by atoms with Crippen LogP contribution < -0.4 is 9.47 Å². The largest absolute Gasteiger partial charge is 0.506 e. The van der Waals surface area contributed by atoms with Gasteiger partial charge in [0.25, 0.3) is 0 Å². The average Bonchev–Trinajstić information content (AvgIpc) is 3.04. The number of aliphatic hydroxyl groups excluding tert-OH is 1. The van der Waals surface area contributed by atoms with Crippen molar-refractivity contribution in [3.05, 3.63) is 69.9 Å². The number of carbonyl (C=O) groups excluding carboxylic acids is 2. The molecule has 3 N–H and O–H groups in total. The molecule has 0 saturated carbocycles. The number of rotatable bonds is 10. The Kier molecular flexibility index (Phi) is 10.7. The monoisotopic (exact) mass is 662 g/mol. The van der Waals surface area contributed by atoms with Gasteiger partial charge in [0.1, 0.15) is 40.8 Å². The van der Waals surface area contributed by atoms with Crippen LogP contribution in [-0.4, -0.2) is 62.4 Å². The van der Waals surface area contributed by atoms with Crippen LogP contribution in [-0.2, 0) is 20.7 Å². The lowest BCUT2D eigenvalue weighted by molar-refractivity contribution is -0.137. The molecule has 260 valence electrons. The van der Waals surface area contributed by atoms with Crippen molar-refractivity contribution in [2.24, 2.45) is 5.92 Å². The summed E-state index contributed by atoms with van der Waals surface area (Å²) in [4.78, 5) is 38.7. The van der Waals surface area contributed by atoms with Gasteiger partial charge in [-0.2, -0.15) is 0 Å². The maximum atomic E-state index is 14.7. The Bertz CT molecular complexity index is 1620. The molecule has 0 spiro atoms. The molecule has 0 saturated heterocycles. The predicted octanol–water partition coefficient (Wildman–Crippen LogP) is 7.24. The number of ketones is 1. The number of ether oxygens (including phenoxy) is 3. The van der Waals surface area contributed by atoms with Gasteiger partial charge >= 0.3 is 5.97 Å². The lowest BCUT2D eigenvalue weighted by Gasteiger charge is -2.45. The van der Waals surface area contributed by atoms with Crippen LogP contribution in [0.25, 0.3) is 6.08 Å². The molecule has 3 aliphatic heterocycles. The minimum atomic E-state index is -1.48. The van der Waals surface area contributed by atoms with Crippen LogP contribution in [0.3, 0.4) is 0 Å². The molecule has 48 heavy (non-hydrogen) atoms. The fraction of sp³-hybridized carbons (Fsp3) is 0.513. The summed E-state index contributed by atoms with van der Waals surface area (Å²) in [5, 5.41) is 31.8. The number of fused-ring (bicyclic) bond motifs is 3. The van der Waals surface area contributed by atoms with E-state index in [-0.39, 0.29) is 34.6 Å². The summed E-state index contributed by atoms with van der Waals surface area (Å²) in [7, 11) is 0. The van der Waals surface area contributed by atoms with E-state index in [4.69, 9.17) is 14.2 Å². The number of carboxylic acids is 1. The van der Waals surface area contributed by atoms with Crippen molar-refractivity contribution in [2.45, 2.75) is 123 Å². The van der Waals surface area contributed by atoms with Crippen LogP contribution in [0.5, 0.6) is 17.2 Å². The average molecular weight is 663 g/mol. The first-order chi connectivity index (χ1) is 22.3. The third-order valence-corrected chi connectivity index (χ3v) is 9.65. The first kappa shape index (κ1) is 36.9. The van der Waals surface area contributed by atoms with Crippen molar-refractivity contribution in [1.29, 1.82) is 0 Å². The van der Waals surface area contributed by atoms with Crippen LogP contribution in [0.4, 0.5) is 0 Å². The minimum Gasteiger partial charge on any atom is -0.506 e. The number of hydrogen-bond donors (Lipinski definition) is 3. The molecule has 0 bridgehead atoms. The lowest BCUT2D eigenvalue weighted by atomic mass is 9.77. The Morgan fingerprint density at radius 2 is 1.79 bits per heavy atom. The first-order valence-electron chi connectivity index (χ1n) is 16.6. The second-order valence-corrected chi connectivity index (χ2v) is 14.7. The Morgan fingerprint density at radius 3 is 2.40 bits per heavy atom. The summed E-state index contributed by atoms with van der Waals surface area (Å²) in [6.07, 6.45) is 10.2. The number of carbonyl (C=O) groups is 3. The standard InChI is InChI=1S/C39H50O9/c1-22(2)10-12-27-34-26(15-18-38(8,47-34)19-16-29(41)23(3)4)32(42)31-33(43)28-20-25(21-40)14-17-37(6,7)46-30(13-11-24(5)36(44)45)39(28,9)48-35(27)31/h10-11,15,18,20-21,25,29-30,41-42H,3,12-14,16-17,19H2,1-2,4-9H3,(H,44,45)/b24-11-,28-20-/t25-,29?,30+,38-,39-/m0/s1. The van der Waals surface area contributed by atoms with Gasteiger partial charge in [-0.05, 0) is 106 Å². The predicted molar refractivity (Wildman–Crippen MR) is 185 cm³/mol. The first-order valence-corrected chi connectivity index (χ1v) is 16.6. The van der Waals surface area contributed by atoms with E-state index in [1.807, 2.05) is 46.8 Å². The maximum Gasteiger partial charge on any atom is 0.330 e. The third kappa shape index (κ3) is 7.52. The van der Waals surface area contributed by atoms with Crippen molar-refractivity contribution in [3.63, 3.8) is 0 Å². The number of phenols is 1. The number of aromatic hydroxyl groups is 1. The molecule has 1 aromatic rings. The van der Waals surface area contributed by atoms with Crippen LogP contribution in [0.15, 0.2) is 53.2 Å². The fourth-order valence-electron chi connectivity index (χ4n) is 6.41. The second-order valence-electron chi connectivity index (χ2n) is 14.7. The highest BCUT2D eigenvalue weighted by atomic mass is 16.6. The van der Waals surface area contributed by atoms with E-state index >= 15 is 0 Å². The summed E-state index contributed by atoms with van der Waals surface area (Å²) in [5.74, 6) is -1.96. The zero-order valence-electron chi connectivity index (χ0n) is 29.4. The summed E-state index contributed by atoms with van der Waals surface area (Å²) >= 11 is 0. The highest BCUT2D eigenvalue weighted by Gasteiger charge is 2.52. The Balaban J connectivity index is 1.98. The summed E-state index contributed by atoms with van der Waals surface area (Å²) < 4.78 is 20.3. The van der Waals surface area contributed by atoms with Crippen LogP contribution >= 0.6 is 0 Å². The number of aliphatic carboxylic acids is 1. The van der Waals surface area contributed by atoms with Gasteiger partial charge in [0.05, 0.1) is 17.3 Å². The number of aliphatic hydroxyl groups is 1. The molecule has 3 heterocycles. The van der Waals surface area contributed by atoms with E-state index in [9.17, 15) is 29.7 Å². The number of hydrogen-bond acceptors (Lipinski definition) is 8. The molecule has 9 nitrogen and oxygen atoms in total. The van der Waals surface area contributed by atoms with Crippen molar-refractivity contribution in [3.8, 4) is 17.2 Å².